The molecule has 0 bridgehead atoms. The summed E-state index contributed by atoms with van der Waals surface area (Å²) in [5.74, 6) is -0.690. The summed E-state index contributed by atoms with van der Waals surface area (Å²) in [5.41, 5.74) is 7.38. The minimum atomic E-state index is -0.323. The standard InChI is InChI=1S/C19H20N4O2/c1-12(15-8-7-14-5-3-4-6-16(14)11-15)20-22-18(24)10-9-17-13(2)21-23-19(17)25/h3-8,11,17H,9-10H2,1-2H3,(H,22,24)(H,23,25)/b20-12-/t17-/m1/s1. The van der Waals surface area contributed by atoms with E-state index in [0.29, 0.717) is 12.1 Å². The Balaban J connectivity index is 1.59. The van der Waals surface area contributed by atoms with Gasteiger partial charge in [-0.05, 0) is 42.7 Å². The zero-order valence-corrected chi connectivity index (χ0v) is 14.2. The first-order valence-electron chi connectivity index (χ1n) is 8.21. The molecule has 2 N–H and O–H groups in total. The van der Waals surface area contributed by atoms with E-state index < -0.39 is 0 Å². The molecule has 1 atom stereocenters. The number of amides is 2. The Labute approximate surface area is 146 Å². The van der Waals surface area contributed by atoms with E-state index in [4.69, 9.17) is 0 Å². The van der Waals surface area contributed by atoms with Crippen LogP contribution in [-0.2, 0) is 9.59 Å². The molecule has 1 aliphatic heterocycles. The average molecular weight is 336 g/mol. The van der Waals surface area contributed by atoms with Crippen molar-refractivity contribution in [1.29, 1.82) is 0 Å². The lowest BCUT2D eigenvalue weighted by Crippen LogP contribution is -2.25. The first-order valence-corrected chi connectivity index (χ1v) is 8.21. The molecule has 2 aromatic carbocycles. The van der Waals surface area contributed by atoms with E-state index in [1.54, 1.807) is 6.92 Å². The maximum absolute atomic E-state index is 12.0. The summed E-state index contributed by atoms with van der Waals surface area (Å²) in [5, 5.41) is 10.3. The summed E-state index contributed by atoms with van der Waals surface area (Å²) in [6, 6.07) is 14.1. The van der Waals surface area contributed by atoms with Crippen LogP contribution in [0.1, 0.15) is 32.3 Å². The maximum Gasteiger partial charge on any atom is 0.248 e. The molecule has 0 saturated heterocycles. The van der Waals surface area contributed by atoms with Crippen LogP contribution in [0.5, 0.6) is 0 Å². The van der Waals surface area contributed by atoms with Gasteiger partial charge in [0.1, 0.15) is 0 Å². The van der Waals surface area contributed by atoms with Crippen molar-refractivity contribution in [1.82, 2.24) is 10.9 Å². The second kappa shape index (κ2) is 7.25. The summed E-state index contributed by atoms with van der Waals surface area (Å²) in [7, 11) is 0. The Morgan fingerprint density at radius 2 is 2.00 bits per heavy atom. The summed E-state index contributed by atoms with van der Waals surface area (Å²) < 4.78 is 0. The molecule has 2 aromatic rings. The number of rotatable bonds is 5. The van der Waals surface area contributed by atoms with Gasteiger partial charge in [0, 0.05) is 12.1 Å². The molecule has 3 rings (SSSR count). The molecule has 0 aromatic heterocycles. The summed E-state index contributed by atoms with van der Waals surface area (Å²) in [6.45, 7) is 3.63. The van der Waals surface area contributed by atoms with E-state index in [1.165, 1.54) is 0 Å². The van der Waals surface area contributed by atoms with Gasteiger partial charge in [0.05, 0.1) is 11.6 Å². The van der Waals surface area contributed by atoms with E-state index in [1.807, 2.05) is 43.3 Å². The Morgan fingerprint density at radius 1 is 1.24 bits per heavy atom. The molecule has 0 unspecified atom stereocenters. The van der Waals surface area contributed by atoms with Crippen molar-refractivity contribution in [3.8, 4) is 0 Å². The van der Waals surface area contributed by atoms with Gasteiger partial charge in [-0.3, -0.25) is 9.59 Å². The molecule has 6 heteroatoms. The van der Waals surface area contributed by atoms with Crippen molar-refractivity contribution in [3.63, 3.8) is 0 Å². The zero-order valence-electron chi connectivity index (χ0n) is 14.2. The van der Waals surface area contributed by atoms with Crippen molar-refractivity contribution < 1.29 is 9.59 Å². The Kier molecular flexibility index (Phi) is 4.88. The SMILES string of the molecule is CC1=NNC(=O)[C@@H]1CCC(=O)N/N=C(/C)c1ccc2ccccc2c1. The normalized spacial score (nSPS) is 17.4. The van der Waals surface area contributed by atoms with E-state index in [9.17, 15) is 9.59 Å². The van der Waals surface area contributed by atoms with E-state index in [2.05, 4.69) is 27.1 Å². The number of carbonyl (C=O) groups excluding carboxylic acids is 2. The van der Waals surface area contributed by atoms with Crippen molar-refractivity contribution in [2.24, 2.45) is 16.1 Å². The third-order valence-corrected chi connectivity index (χ3v) is 4.34. The molecule has 0 aliphatic carbocycles. The van der Waals surface area contributed by atoms with Crippen LogP contribution in [0, 0.1) is 5.92 Å². The number of hydrogen-bond donors (Lipinski definition) is 2. The summed E-state index contributed by atoms with van der Waals surface area (Å²) >= 11 is 0. The fourth-order valence-electron chi connectivity index (χ4n) is 2.79. The van der Waals surface area contributed by atoms with Gasteiger partial charge in [-0.1, -0.05) is 36.4 Å². The van der Waals surface area contributed by atoms with E-state index >= 15 is 0 Å². The Hall–Kier alpha value is -3.02. The van der Waals surface area contributed by atoms with Gasteiger partial charge < -0.3 is 0 Å². The Bertz CT molecular complexity index is 886. The highest BCUT2D eigenvalue weighted by molar-refractivity contribution is 6.07. The number of nitrogens with zero attached hydrogens (tertiary/aromatic N) is 2. The van der Waals surface area contributed by atoms with Gasteiger partial charge in [-0.25, -0.2) is 10.9 Å². The topological polar surface area (TPSA) is 82.9 Å². The molecular formula is C19H20N4O2. The molecule has 2 amide bonds. The predicted molar refractivity (Wildman–Crippen MR) is 98.3 cm³/mol. The molecule has 25 heavy (non-hydrogen) atoms. The lowest BCUT2D eigenvalue weighted by atomic mass is 9.99. The lowest BCUT2D eigenvalue weighted by molar-refractivity contribution is -0.123. The van der Waals surface area contributed by atoms with Crippen molar-refractivity contribution in [2.45, 2.75) is 26.7 Å². The highest BCUT2D eigenvalue weighted by Gasteiger charge is 2.26. The number of nitrogens with one attached hydrogen (secondary N) is 2. The first kappa shape index (κ1) is 16.8. The predicted octanol–water partition coefficient (Wildman–Crippen LogP) is 2.58. The van der Waals surface area contributed by atoms with Crippen LogP contribution in [0.15, 0.2) is 52.7 Å². The third kappa shape index (κ3) is 3.91. The molecule has 1 heterocycles. The van der Waals surface area contributed by atoms with Gasteiger partial charge >= 0.3 is 0 Å². The number of hydrazone groups is 2. The van der Waals surface area contributed by atoms with Crippen LogP contribution >= 0.6 is 0 Å². The van der Waals surface area contributed by atoms with Crippen molar-refractivity contribution in [2.75, 3.05) is 0 Å². The van der Waals surface area contributed by atoms with Crippen molar-refractivity contribution in [3.05, 3.63) is 48.0 Å². The van der Waals surface area contributed by atoms with Crippen LogP contribution in [0.25, 0.3) is 10.8 Å². The maximum atomic E-state index is 12.0. The second-order valence-electron chi connectivity index (χ2n) is 6.11. The fraction of sp³-hybridized carbons (Fsp3) is 0.263. The molecule has 0 saturated carbocycles. The van der Waals surface area contributed by atoms with Crippen LogP contribution in [0.3, 0.4) is 0 Å². The van der Waals surface area contributed by atoms with Crippen LogP contribution < -0.4 is 10.9 Å². The van der Waals surface area contributed by atoms with Gasteiger partial charge in [0.15, 0.2) is 0 Å². The average Bonchev–Trinajstić information content (AvgIpc) is 2.95. The van der Waals surface area contributed by atoms with Crippen LogP contribution in [0.2, 0.25) is 0 Å². The Morgan fingerprint density at radius 3 is 2.72 bits per heavy atom. The van der Waals surface area contributed by atoms with Gasteiger partial charge in [0.2, 0.25) is 11.8 Å². The van der Waals surface area contributed by atoms with Crippen LogP contribution in [-0.4, -0.2) is 23.2 Å². The second-order valence-corrected chi connectivity index (χ2v) is 6.11. The number of fused-ring (bicyclic) bond motifs is 1. The smallest absolute Gasteiger partial charge is 0.248 e. The minimum Gasteiger partial charge on any atom is -0.273 e. The van der Waals surface area contributed by atoms with Crippen molar-refractivity contribution >= 4 is 34.0 Å². The summed E-state index contributed by atoms with van der Waals surface area (Å²) in [6.07, 6.45) is 0.650. The molecule has 6 nitrogen and oxygen atoms in total. The molecule has 0 fully saturated rings. The first-order chi connectivity index (χ1) is 12.0. The number of hydrogen-bond acceptors (Lipinski definition) is 4. The number of carbonyl (C=O) groups is 2. The quantitative estimate of drug-likeness (QED) is 0.650. The third-order valence-electron chi connectivity index (χ3n) is 4.34. The monoisotopic (exact) mass is 336 g/mol. The highest BCUT2D eigenvalue weighted by atomic mass is 16.2. The number of benzene rings is 2. The summed E-state index contributed by atoms with van der Waals surface area (Å²) in [4.78, 5) is 23.5. The lowest BCUT2D eigenvalue weighted by Gasteiger charge is -2.07. The van der Waals surface area contributed by atoms with Gasteiger partial charge in [0.25, 0.3) is 0 Å². The molecule has 0 radical (unpaired) electrons. The van der Waals surface area contributed by atoms with Gasteiger partial charge in [-0.15, -0.1) is 0 Å². The van der Waals surface area contributed by atoms with E-state index in [-0.39, 0.29) is 24.2 Å². The van der Waals surface area contributed by atoms with E-state index in [0.717, 1.165) is 22.0 Å². The molecule has 0 spiro atoms. The highest BCUT2D eigenvalue weighted by Crippen LogP contribution is 2.16. The molecule has 1 aliphatic rings. The van der Waals surface area contributed by atoms with Gasteiger partial charge in [-0.2, -0.15) is 10.2 Å². The molecule has 128 valence electrons. The molecular weight excluding hydrogens is 316 g/mol. The van der Waals surface area contributed by atoms with Crippen LogP contribution in [0.4, 0.5) is 0 Å². The minimum absolute atomic E-state index is 0.152. The zero-order chi connectivity index (χ0) is 17.8. The largest absolute Gasteiger partial charge is 0.273 e. The fourth-order valence-corrected chi connectivity index (χ4v) is 2.79.